The maximum absolute atomic E-state index is 8.79. The number of nitriles is 1. The number of nitrogens with zero attached hydrogens (tertiary/aromatic N) is 2. The zero-order valence-electron chi connectivity index (χ0n) is 7.81. The lowest BCUT2D eigenvalue weighted by Gasteiger charge is -2.03. The van der Waals surface area contributed by atoms with Gasteiger partial charge in [0.05, 0.1) is 22.3 Å². The SMILES string of the molecule is N#Cc1ccc(Cl)c(-c2ccccn2)c1. The van der Waals surface area contributed by atoms with Crippen molar-refractivity contribution in [3.8, 4) is 17.3 Å². The largest absolute Gasteiger partial charge is 0.256 e. The molecule has 3 heteroatoms. The molecule has 0 amide bonds. The van der Waals surface area contributed by atoms with Crippen LogP contribution in [0.4, 0.5) is 0 Å². The summed E-state index contributed by atoms with van der Waals surface area (Å²) in [6.45, 7) is 0. The highest BCUT2D eigenvalue weighted by Gasteiger charge is 2.04. The van der Waals surface area contributed by atoms with E-state index in [2.05, 4.69) is 11.1 Å². The lowest BCUT2D eigenvalue weighted by molar-refractivity contribution is 1.32. The summed E-state index contributed by atoms with van der Waals surface area (Å²) in [4.78, 5) is 4.19. The summed E-state index contributed by atoms with van der Waals surface area (Å²) < 4.78 is 0. The van der Waals surface area contributed by atoms with Gasteiger partial charge in [0, 0.05) is 11.8 Å². The number of halogens is 1. The number of pyridine rings is 1. The number of hydrogen-bond donors (Lipinski definition) is 0. The van der Waals surface area contributed by atoms with E-state index in [0.717, 1.165) is 11.3 Å². The average Bonchev–Trinajstić information content (AvgIpc) is 2.31. The molecule has 0 spiro atoms. The van der Waals surface area contributed by atoms with Crippen molar-refractivity contribution < 1.29 is 0 Å². The first-order chi connectivity index (χ1) is 7.31. The molecule has 0 aliphatic carbocycles. The van der Waals surface area contributed by atoms with Crippen molar-refractivity contribution in [2.45, 2.75) is 0 Å². The van der Waals surface area contributed by atoms with Crippen LogP contribution in [0.5, 0.6) is 0 Å². The van der Waals surface area contributed by atoms with E-state index in [1.807, 2.05) is 18.2 Å². The van der Waals surface area contributed by atoms with Gasteiger partial charge in [0.1, 0.15) is 0 Å². The number of hydrogen-bond acceptors (Lipinski definition) is 2. The third-order valence-corrected chi connectivity index (χ3v) is 2.37. The minimum atomic E-state index is 0.583. The molecule has 0 N–H and O–H groups in total. The standard InChI is InChI=1S/C12H7ClN2/c13-11-5-4-9(8-14)7-10(11)12-3-1-2-6-15-12/h1-7H. The minimum absolute atomic E-state index is 0.583. The third-order valence-electron chi connectivity index (χ3n) is 2.04. The quantitative estimate of drug-likeness (QED) is 0.731. The Labute approximate surface area is 92.8 Å². The van der Waals surface area contributed by atoms with Crippen molar-refractivity contribution in [2.24, 2.45) is 0 Å². The topological polar surface area (TPSA) is 36.7 Å². The summed E-state index contributed by atoms with van der Waals surface area (Å²) >= 11 is 6.04. The Hall–Kier alpha value is -1.85. The van der Waals surface area contributed by atoms with E-state index in [4.69, 9.17) is 16.9 Å². The van der Waals surface area contributed by atoms with Gasteiger partial charge in [-0.1, -0.05) is 17.7 Å². The average molecular weight is 215 g/mol. The number of benzene rings is 1. The van der Waals surface area contributed by atoms with Crippen molar-refractivity contribution in [3.05, 3.63) is 53.2 Å². The predicted octanol–water partition coefficient (Wildman–Crippen LogP) is 3.27. The van der Waals surface area contributed by atoms with Crippen LogP contribution in [0.1, 0.15) is 5.56 Å². The summed E-state index contributed by atoms with van der Waals surface area (Å²) in [5, 5.41) is 9.39. The molecule has 0 fully saturated rings. The van der Waals surface area contributed by atoms with Crippen molar-refractivity contribution in [2.75, 3.05) is 0 Å². The van der Waals surface area contributed by atoms with Gasteiger partial charge < -0.3 is 0 Å². The number of aromatic nitrogens is 1. The van der Waals surface area contributed by atoms with Crippen molar-refractivity contribution in [1.29, 1.82) is 5.26 Å². The molecule has 0 atom stereocenters. The Kier molecular flexibility index (Phi) is 2.66. The first kappa shape index (κ1) is 9.70. The van der Waals surface area contributed by atoms with Gasteiger partial charge in [-0.3, -0.25) is 4.98 Å². The first-order valence-corrected chi connectivity index (χ1v) is 4.80. The summed E-state index contributed by atoms with van der Waals surface area (Å²) in [6, 6.07) is 12.8. The molecule has 0 unspecified atom stereocenters. The first-order valence-electron chi connectivity index (χ1n) is 4.42. The molecule has 0 aliphatic heterocycles. The van der Waals surface area contributed by atoms with E-state index in [9.17, 15) is 0 Å². The van der Waals surface area contributed by atoms with E-state index < -0.39 is 0 Å². The molecule has 15 heavy (non-hydrogen) atoms. The molecule has 2 aromatic rings. The Balaban J connectivity index is 2.58. The summed E-state index contributed by atoms with van der Waals surface area (Å²) in [6.07, 6.45) is 1.70. The van der Waals surface area contributed by atoms with E-state index >= 15 is 0 Å². The van der Waals surface area contributed by atoms with Gasteiger partial charge in [0.15, 0.2) is 0 Å². The van der Waals surface area contributed by atoms with Crippen LogP contribution in [-0.2, 0) is 0 Å². The minimum Gasteiger partial charge on any atom is -0.256 e. The fourth-order valence-electron chi connectivity index (χ4n) is 1.31. The third kappa shape index (κ3) is 1.98. The van der Waals surface area contributed by atoms with Crippen molar-refractivity contribution in [3.63, 3.8) is 0 Å². The molecule has 2 rings (SSSR count). The van der Waals surface area contributed by atoms with Crippen LogP contribution >= 0.6 is 11.6 Å². The molecule has 0 radical (unpaired) electrons. The lowest BCUT2D eigenvalue weighted by Crippen LogP contribution is -1.84. The second kappa shape index (κ2) is 4.12. The molecular formula is C12H7ClN2. The van der Waals surface area contributed by atoms with Crippen LogP contribution in [0.25, 0.3) is 11.3 Å². The molecule has 0 saturated heterocycles. The molecular weight excluding hydrogens is 208 g/mol. The van der Waals surface area contributed by atoms with Gasteiger partial charge in [0.2, 0.25) is 0 Å². The van der Waals surface area contributed by atoms with Gasteiger partial charge in [-0.2, -0.15) is 5.26 Å². The van der Waals surface area contributed by atoms with E-state index in [1.54, 1.807) is 24.4 Å². The van der Waals surface area contributed by atoms with Crippen LogP contribution in [0.2, 0.25) is 5.02 Å². The van der Waals surface area contributed by atoms with Gasteiger partial charge >= 0.3 is 0 Å². The van der Waals surface area contributed by atoms with E-state index in [0.29, 0.717) is 10.6 Å². The zero-order chi connectivity index (χ0) is 10.7. The van der Waals surface area contributed by atoms with E-state index in [-0.39, 0.29) is 0 Å². The molecule has 72 valence electrons. The molecule has 1 heterocycles. The smallest absolute Gasteiger partial charge is 0.0991 e. The maximum Gasteiger partial charge on any atom is 0.0991 e. The normalized spacial score (nSPS) is 9.60. The van der Waals surface area contributed by atoms with Crippen molar-refractivity contribution >= 4 is 11.6 Å². The molecule has 1 aromatic heterocycles. The maximum atomic E-state index is 8.79. The van der Waals surface area contributed by atoms with Crippen LogP contribution in [0.3, 0.4) is 0 Å². The summed E-state index contributed by atoms with van der Waals surface area (Å²) in [7, 11) is 0. The summed E-state index contributed by atoms with van der Waals surface area (Å²) in [5.41, 5.74) is 2.15. The Morgan fingerprint density at radius 2 is 2.07 bits per heavy atom. The Morgan fingerprint density at radius 1 is 1.20 bits per heavy atom. The monoisotopic (exact) mass is 214 g/mol. The molecule has 1 aromatic carbocycles. The molecule has 0 bridgehead atoms. The Morgan fingerprint density at radius 3 is 2.73 bits per heavy atom. The van der Waals surface area contributed by atoms with Gasteiger partial charge in [0.25, 0.3) is 0 Å². The van der Waals surface area contributed by atoms with Crippen LogP contribution in [0, 0.1) is 11.3 Å². The fraction of sp³-hybridized carbons (Fsp3) is 0. The second-order valence-corrected chi connectivity index (χ2v) is 3.43. The van der Waals surface area contributed by atoms with Gasteiger partial charge in [-0.05, 0) is 30.3 Å². The molecule has 0 aliphatic rings. The lowest BCUT2D eigenvalue weighted by atomic mass is 10.1. The van der Waals surface area contributed by atoms with Crippen LogP contribution in [0.15, 0.2) is 42.6 Å². The number of rotatable bonds is 1. The summed E-state index contributed by atoms with van der Waals surface area (Å²) in [5.74, 6) is 0. The molecule has 2 nitrogen and oxygen atoms in total. The van der Waals surface area contributed by atoms with Crippen LogP contribution in [-0.4, -0.2) is 4.98 Å². The van der Waals surface area contributed by atoms with E-state index in [1.165, 1.54) is 0 Å². The van der Waals surface area contributed by atoms with Gasteiger partial charge in [-0.15, -0.1) is 0 Å². The highest BCUT2D eigenvalue weighted by atomic mass is 35.5. The predicted molar refractivity (Wildman–Crippen MR) is 59.4 cm³/mol. The fourth-order valence-corrected chi connectivity index (χ4v) is 1.53. The highest BCUT2D eigenvalue weighted by molar-refractivity contribution is 6.33. The van der Waals surface area contributed by atoms with Gasteiger partial charge in [-0.25, -0.2) is 0 Å². The zero-order valence-corrected chi connectivity index (χ0v) is 8.57. The van der Waals surface area contributed by atoms with Crippen molar-refractivity contribution in [1.82, 2.24) is 4.98 Å². The Bertz CT molecular complexity index is 515. The second-order valence-electron chi connectivity index (χ2n) is 3.02. The highest BCUT2D eigenvalue weighted by Crippen LogP contribution is 2.26. The van der Waals surface area contributed by atoms with Crippen LogP contribution < -0.4 is 0 Å². The molecule has 0 saturated carbocycles.